The molecule has 0 saturated heterocycles. The number of aryl methyl sites for hydroxylation is 2. The Kier molecular flexibility index (Phi) is 4.65. The third-order valence-corrected chi connectivity index (χ3v) is 3.82. The summed E-state index contributed by atoms with van der Waals surface area (Å²) in [4.78, 5) is 0. The lowest BCUT2D eigenvalue weighted by Crippen LogP contribution is -2.20. The summed E-state index contributed by atoms with van der Waals surface area (Å²) in [6.07, 6.45) is 5.49. The molecule has 1 N–H and O–H groups in total. The summed E-state index contributed by atoms with van der Waals surface area (Å²) < 4.78 is 5.74. The second-order valence-corrected chi connectivity index (χ2v) is 5.57. The lowest BCUT2D eigenvalue weighted by Gasteiger charge is -2.17. The fourth-order valence-corrected chi connectivity index (χ4v) is 2.89. The molecule has 2 rings (SSSR count). The van der Waals surface area contributed by atoms with Crippen LogP contribution < -0.4 is 4.74 Å². The third-order valence-electron chi connectivity index (χ3n) is 3.82. The van der Waals surface area contributed by atoms with E-state index in [1.165, 1.54) is 36.8 Å². The Bertz CT molecular complexity index is 360. The zero-order valence-electron chi connectivity index (χ0n) is 11.5. The van der Waals surface area contributed by atoms with E-state index in [0.717, 1.165) is 12.2 Å². The molecule has 0 spiro atoms. The molecule has 100 valence electrons. The van der Waals surface area contributed by atoms with Crippen molar-refractivity contribution in [3.05, 3.63) is 29.3 Å². The maximum atomic E-state index is 10.1. The van der Waals surface area contributed by atoms with Crippen LogP contribution in [0.2, 0.25) is 0 Å². The second-order valence-electron chi connectivity index (χ2n) is 5.57. The molecule has 1 aromatic rings. The molecule has 0 radical (unpaired) electrons. The van der Waals surface area contributed by atoms with Crippen LogP contribution in [0.5, 0.6) is 5.75 Å². The number of rotatable bonds is 5. The molecular formula is C16H24O2. The first-order valence-corrected chi connectivity index (χ1v) is 7.04. The largest absolute Gasteiger partial charge is 0.493 e. The first-order chi connectivity index (χ1) is 8.65. The normalized spacial score (nSPS) is 17.9. The van der Waals surface area contributed by atoms with Crippen LogP contribution in [0, 0.1) is 19.8 Å². The zero-order chi connectivity index (χ0) is 13.0. The summed E-state index contributed by atoms with van der Waals surface area (Å²) >= 11 is 0. The van der Waals surface area contributed by atoms with E-state index in [2.05, 4.69) is 32.0 Å². The van der Waals surface area contributed by atoms with Gasteiger partial charge in [-0.05, 0) is 55.9 Å². The van der Waals surface area contributed by atoms with Crippen molar-refractivity contribution in [1.82, 2.24) is 0 Å². The maximum absolute atomic E-state index is 10.1. The Morgan fingerprint density at radius 2 is 1.78 bits per heavy atom. The smallest absolute Gasteiger partial charge is 0.119 e. The Balaban J connectivity index is 1.77. The van der Waals surface area contributed by atoms with Crippen LogP contribution in [0.1, 0.15) is 43.2 Å². The van der Waals surface area contributed by atoms with E-state index in [1.54, 1.807) is 0 Å². The van der Waals surface area contributed by atoms with E-state index in [-0.39, 0.29) is 6.10 Å². The van der Waals surface area contributed by atoms with Gasteiger partial charge in [0.25, 0.3) is 0 Å². The lowest BCUT2D eigenvalue weighted by molar-refractivity contribution is 0.0853. The van der Waals surface area contributed by atoms with Gasteiger partial charge in [-0.3, -0.25) is 0 Å². The van der Waals surface area contributed by atoms with E-state index < -0.39 is 0 Å². The van der Waals surface area contributed by atoms with Gasteiger partial charge >= 0.3 is 0 Å². The average molecular weight is 248 g/mol. The average Bonchev–Trinajstić information content (AvgIpc) is 2.80. The minimum atomic E-state index is -0.182. The summed E-state index contributed by atoms with van der Waals surface area (Å²) in [7, 11) is 0. The highest BCUT2D eigenvalue weighted by molar-refractivity contribution is 5.32. The van der Waals surface area contributed by atoms with Gasteiger partial charge in [-0.25, -0.2) is 0 Å². The third kappa shape index (κ3) is 3.74. The Morgan fingerprint density at radius 3 is 2.39 bits per heavy atom. The fraction of sp³-hybridized carbons (Fsp3) is 0.625. The molecule has 1 fully saturated rings. The minimum absolute atomic E-state index is 0.182. The summed E-state index contributed by atoms with van der Waals surface area (Å²) in [6, 6.07) is 6.24. The molecule has 1 saturated carbocycles. The van der Waals surface area contributed by atoms with Crippen LogP contribution in [0.15, 0.2) is 18.2 Å². The van der Waals surface area contributed by atoms with E-state index in [4.69, 9.17) is 4.74 Å². The highest BCUT2D eigenvalue weighted by Crippen LogP contribution is 2.29. The highest BCUT2D eigenvalue weighted by Gasteiger charge is 2.22. The predicted molar refractivity (Wildman–Crippen MR) is 74.0 cm³/mol. The first-order valence-electron chi connectivity index (χ1n) is 7.04. The summed E-state index contributed by atoms with van der Waals surface area (Å²) in [6.45, 7) is 4.76. The SMILES string of the molecule is Cc1cc(C)cc(OCCC(O)C2CCCC2)c1. The van der Waals surface area contributed by atoms with Crippen molar-refractivity contribution in [2.24, 2.45) is 5.92 Å². The lowest BCUT2D eigenvalue weighted by atomic mass is 9.99. The molecule has 0 amide bonds. The van der Waals surface area contributed by atoms with Crippen LogP contribution in [0.4, 0.5) is 0 Å². The van der Waals surface area contributed by atoms with Crippen molar-refractivity contribution < 1.29 is 9.84 Å². The van der Waals surface area contributed by atoms with Crippen molar-refractivity contribution >= 4 is 0 Å². The topological polar surface area (TPSA) is 29.5 Å². The molecule has 1 aliphatic carbocycles. The van der Waals surface area contributed by atoms with Gasteiger partial charge in [0, 0.05) is 6.42 Å². The number of hydrogen-bond donors (Lipinski definition) is 1. The van der Waals surface area contributed by atoms with Gasteiger partial charge in [-0.15, -0.1) is 0 Å². The van der Waals surface area contributed by atoms with Gasteiger partial charge < -0.3 is 9.84 Å². The Morgan fingerprint density at radius 1 is 1.17 bits per heavy atom. The number of aliphatic hydroxyl groups is 1. The molecule has 1 atom stereocenters. The molecule has 2 nitrogen and oxygen atoms in total. The van der Waals surface area contributed by atoms with Gasteiger partial charge in [0.1, 0.15) is 5.75 Å². The van der Waals surface area contributed by atoms with Crippen LogP contribution in [-0.2, 0) is 0 Å². The Hall–Kier alpha value is -1.02. The molecule has 0 aromatic heterocycles. The maximum Gasteiger partial charge on any atom is 0.119 e. The van der Waals surface area contributed by atoms with Gasteiger partial charge in [0.2, 0.25) is 0 Å². The molecule has 1 aromatic carbocycles. The molecular weight excluding hydrogens is 224 g/mol. The number of aliphatic hydroxyl groups excluding tert-OH is 1. The van der Waals surface area contributed by atoms with Gasteiger partial charge in [0.15, 0.2) is 0 Å². The molecule has 0 aliphatic heterocycles. The molecule has 0 heterocycles. The predicted octanol–water partition coefficient (Wildman–Crippen LogP) is 3.62. The van der Waals surface area contributed by atoms with Crippen molar-refractivity contribution in [3.8, 4) is 5.75 Å². The Labute approximate surface area is 110 Å². The van der Waals surface area contributed by atoms with Crippen molar-refractivity contribution in [2.45, 2.75) is 52.1 Å². The standard InChI is InChI=1S/C16H24O2/c1-12-9-13(2)11-15(10-12)18-8-7-16(17)14-5-3-4-6-14/h9-11,14,16-17H,3-8H2,1-2H3. The highest BCUT2D eigenvalue weighted by atomic mass is 16.5. The van der Waals surface area contributed by atoms with Crippen LogP contribution >= 0.6 is 0 Å². The van der Waals surface area contributed by atoms with Crippen molar-refractivity contribution in [1.29, 1.82) is 0 Å². The number of benzene rings is 1. The van der Waals surface area contributed by atoms with Gasteiger partial charge in [-0.1, -0.05) is 18.9 Å². The van der Waals surface area contributed by atoms with E-state index in [0.29, 0.717) is 12.5 Å². The number of hydrogen-bond acceptors (Lipinski definition) is 2. The summed E-state index contributed by atoms with van der Waals surface area (Å²) in [5.41, 5.74) is 2.45. The van der Waals surface area contributed by atoms with Gasteiger partial charge in [-0.2, -0.15) is 0 Å². The number of ether oxygens (including phenoxy) is 1. The van der Waals surface area contributed by atoms with Crippen LogP contribution in [0.25, 0.3) is 0 Å². The molecule has 2 heteroatoms. The van der Waals surface area contributed by atoms with E-state index in [9.17, 15) is 5.11 Å². The van der Waals surface area contributed by atoms with Crippen LogP contribution in [-0.4, -0.2) is 17.8 Å². The minimum Gasteiger partial charge on any atom is -0.493 e. The molecule has 1 aliphatic rings. The second kappa shape index (κ2) is 6.24. The van der Waals surface area contributed by atoms with Crippen molar-refractivity contribution in [3.63, 3.8) is 0 Å². The van der Waals surface area contributed by atoms with E-state index in [1.807, 2.05) is 0 Å². The summed E-state index contributed by atoms with van der Waals surface area (Å²) in [5.74, 6) is 1.43. The van der Waals surface area contributed by atoms with Gasteiger partial charge in [0.05, 0.1) is 12.7 Å². The molecule has 1 unspecified atom stereocenters. The van der Waals surface area contributed by atoms with E-state index >= 15 is 0 Å². The van der Waals surface area contributed by atoms with Crippen LogP contribution in [0.3, 0.4) is 0 Å². The fourth-order valence-electron chi connectivity index (χ4n) is 2.89. The van der Waals surface area contributed by atoms with Crippen molar-refractivity contribution in [2.75, 3.05) is 6.61 Å². The quantitative estimate of drug-likeness (QED) is 0.862. The molecule has 18 heavy (non-hydrogen) atoms. The zero-order valence-corrected chi connectivity index (χ0v) is 11.5. The monoisotopic (exact) mass is 248 g/mol. The summed E-state index contributed by atoms with van der Waals surface area (Å²) in [5, 5.41) is 10.1. The first kappa shape index (κ1) is 13.4. The molecule has 0 bridgehead atoms.